The number of hydrogen-bond acceptors (Lipinski definition) is 6. The van der Waals surface area contributed by atoms with Crippen LogP contribution in [0.5, 0.6) is 0 Å². The Balaban J connectivity index is 1.78. The van der Waals surface area contributed by atoms with Gasteiger partial charge in [-0.05, 0) is 32.2 Å². The minimum Gasteiger partial charge on any atom is -0.444 e. The van der Waals surface area contributed by atoms with Gasteiger partial charge in [-0.25, -0.2) is 14.8 Å². The number of thiophene rings is 1. The predicted octanol–water partition coefficient (Wildman–Crippen LogP) is 3.14. The molecule has 0 bridgehead atoms. The Bertz CT molecular complexity index is 608. The Hall–Kier alpha value is -2.15. The van der Waals surface area contributed by atoms with Gasteiger partial charge < -0.3 is 15.4 Å². The molecule has 0 spiro atoms. The van der Waals surface area contributed by atoms with Crippen LogP contribution in [-0.2, 0) is 4.74 Å². The number of ether oxygens (including phenoxy) is 1. The van der Waals surface area contributed by atoms with Gasteiger partial charge in [0.2, 0.25) is 0 Å². The van der Waals surface area contributed by atoms with Crippen molar-refractivity contribution in [3.05, 3.63) is 29.2 Å². The van der Waals surface area contributed by atoms with Gasteiger partial charge in [-0.2, -0.15) is 11.3 Å². The molecular formula is C15H20N4O2S. The molecule has 0 atom stereocenters. The summed E-state index contributed by atoms with van der Waals surface area (Å²) >= 11 is 1.63. The summed E-state index contributed by atoms with van der Waals surface area (Å²) in [5.41, 5.74) is 1.46. The van der Waals surface area contributed by atoms with Crippen molar-refractivity contribution in [3.8, 4) is 11.3 Å². The third kappa shape index (κ3) is 5.33. The molecule has 0 fully saturated rings. The monoisotopic (exact) mass is 320 g/mol. The summed E-state index contributed by atoms with van der Waals surface area (Å²) in [6, 6.07) is 3.90. The maximum absolute atomic E-state index is 11.5. The Kier molecular flexibility index (Phi) is 5.32. The highest BCUT2D eigenvalue weighted by Gasteiger charge is 2.15. The Morgan fingerprint density at radius 2 is 2.14 bits per heavy atom. The highest BCUT2D eigenvalue weighted by molar-refractivity contribution is 7.08. The number of carbonyl (C=O) groups excluding carboxylic acids is 1. The maximum Gasteiger partial charge on any atom is 0.407 e. The van der Waals surface area contributed by atoms with Gasteiger partial charge in [-0.3, -0.25) is 0 Å². The van der Waals surface area contributed by atoms with Crippen molar-refractivity contribution in [1.29, 1.82) is 0 Å². The van der Waals surface area contributed by atoms with Crippen LogP contribution in [0.1, 0.15) is 20.8 Å². The highest BCUT2D eigenvalue weighted by Crippen LogP contribution is 2.20. The lowest BCUT2D eigenvalue weighted by atomic mass is 10.2. The van der Waals surface area contributed by atoms with E-state index in [1.165, 1.54) is 6.33 Å². The van der Waals surface area contributed by atoms with Gasteiger partial charge in [-0.15, -0.1) is 0 Å². The molecule has 0 aliphatic rings. The Labute approximate surface area is 133 Å². The standard InChI is InChI=1S/C15H20N4O2S/c1-15(2,3)21-14(20)17-6-5-16-13-8-12(18-10-19-13)11-4-7-22-9-11/h4,7-10H,5-6H2,1-3H3,(H,17,20)(H,16,18,19). The van der Waals surface area contributed by atoms with Crippen molar-refractivity contribution in [2.45, 2.75) is 26.4 Å². The summed E-state index contributed by atoms with van der Waals surface area (Å²) in [6.45, 7) is 6.50. The quantitative estimate of drug-likeness (QED) is 0.828. The zero-order chi connectivity index (χ0) is 16.0. The molecule has 2 aromatic heterocycles. The lowest BCUT2D eigenvalue weighted by Crippen LogP contribution is -2.35. The van der Waals surface area contributed by atoms with E-state index in [0.717, 1.165) is 17.1 Å². The lowest BCUT2D eigenvalue weighted by molar-refractivity contribution is 0.0530. The summed E-state index contributed by atoms with van der Waals surface area (Å²) in [5, 5.41) is 9.88. The summed E-state index contributed by atoms with van der Waals surface area (Å²) in [6.07, 6.45) is 1.10. The third-order valence-electron chi connectivity index (χ3n) is 2.58. The molecule has 118 valence electrons. The fourth-order valence-electron chi connectivity index (χ4n) is 1.69. The molecule has 0 radical (unpaired) electrons. The van der Waals surface area contributed by atoms with Crippen molar-refractivity contribution in [2.24, 2.45) is 0 Å². The number of aromatic nitrogens is 2. The van der Waals surface area contributed by atoms with Gasteiger partial charge in [0.1, 0.15) is 17.7 Å². The number of nitrogens with one attached hydrogen (secondary N) is 2. The SMILES string of the molecule is CC(C)(C)OC(=O)NCCNc1cc(-c2ccsc2)ncn1. The van der Waals surface area contributed by atoms with Crippen molar-refractivity contribution in [1.82, 2.24) is 15.3 Å². The van der Waals surface area contributed by atoms with Gasteiger partial charge in [0.25, 0.3) is 0 Å². The number of rotatable bonds is 5. The topological polar surface area (TPSA) is 76.1 Å². The van der Waals surface area contributed by atoms with Gasteiger partial charge in [-0.1, -0.05) is 0 Å². The molecule has 1 amide bonds. The van der Waals surface area contributed by atoms with Crippen molar-refractivity contribution < 1.29 is 9.53 Å². The van der Waals surface area contributed by atoms with E-state index in [4.69, 9.17) is 4.74 Å². The largest absolute Gasteiger partial charge is 0.444 e. The molecule has 0 unspecified atom stereocenters. The van der Waals surface area contributed by atoms with E-state index < -0.39 is 11.7 Å². The van der Waals surface area contributed by atoms with Crippen LogP contribution >= 0.6 is 11.3 Å². The first kappa shape index (κ1) is 16.2. The number of anilines is 1. The van der Waals surface area contributed by atoms with Crippen molar-refractivity contribution in [2.75, 3.05) is 18.4 Å². The zero-order valence-corrected chi connectivity index (χ0v) is 13.7. The van der Waals surface area contributed by atoms with Crippen LogP contribution < -0.4 is 10.6 Å². The van der Waals surface area contributed by atoms with E-state index in [-0.39, 0.29) is 0 Å². The summed E-state index contributed by atoms with van der Waals surface area (Å²) in [5.74, 6) is 0.724. The first-order chi connectivity index (χ1) is 10.4. The fourth-order valence-corrected chi connectivity index (χ4v) is 2.34. The molecule has 0 aromatic carbocycles. The Morgan fingerprint density at radius 3 is 2.82 bits per heavy atom. The first-order valence-electron chi connectivity index (χ1n) is 6.99. The van der Waals surface area contributed by atoms with Gasteiger partial charge >= 0.3 is 6.09 Å². The van der Waals surface area contributed by atoms with E-state index in [9.17, 15) is 4.79 Å². The minimum absolute atomic E-state index is 0.420. The summed E-state index contributed by atoms with van der Waals surface area (Å²) in [4.78, 5) is 19.9. The lowest BCUT2D eigenvalue weighted by Gasteiger charge is -2.19. The van der Waals surface area contributed by atoms with E-state index in [1.54, 1.807) is 11.3 Å². The molecule has 2 aromatic rings. The molecule has 0 aliphatic carbocycles. The minimum atomic E-state index is -0.487. The second-order valence-corrected chi connectivity index (χ2v) is 6.44. The fraction of sp³-hybridized carbons (Fsp3) is 0.400. The predicted molar refractivity (Wildman–Crippen MR) is 88.1 cm³/mol. The van der Waals surface area contributed by atoms with Gasteiger partial charge in [0.15, 0.2) is 0 Å². The zero-order valence-electron chi connectivity index (χ0n) is 12.9. The average Bonchev–Trinajstić information content (AvgIpc) is 2.96. The van der Waals surface area contributed by atoms with Crippen LogP contribution in [-0.4, -0.2) is 34.8 Å². The highest BCUT2D eigenvalue weighted by atomic mass is 32.1. The van der Waals surface area contributed by atoms with Crippen LogP contribution in [0.15, 0.2) is 29.2 Å². The summed E-state index contributed by atoms with van der Waals surface area (Å²) < 4.78 is 5.16. The second kappa shape index (κ2) is 7.22. The van der Waals surface area contributed by atoms with E-state index in [0.29, 0.717) is 13.1 Å². The van der Waals surface area contributed by atoms with Crippen LogP contribution in [0, 0.1) is 0 Å². The number of carbonyl (C=O) groups is 1. The first-order valence-corrected chi connectivity index (χ1v) is 7.94. The molecule has 0 saturated heterocycles. The number of amides is 1. The van der Waals surface area contributed by atoms with Crippen LogP contribution in [0.4, 0.5) is 10.6 Å². The average molecular weight is 320 g/mol. The third-order valence-corrected chi connectivity index (χ3v) is 3.27. The molecule has 0 aliphatic heterocycles. The number of hydrogen-bond donors (Lipinski definition) is 2. The van der Waals surface area contributed by atoms with Crippen LogP contribution in [0.3, 0.4) is 0 Å². The summed E-state index contributed by atoms with van der Waals surface area (Å²) in [7, 11) is 0. The van der Waals surface area contributed by atoms with Crippen LogP contribution in [0.25, 0.3) is 11.3 Å². The second-order valence-electron chi connectivity index (χ2n) is 5.66. The van der Waals surface area contributed by atoms with Crippen molar-refractivity contribution in [3.63, 3.8) is 0 Å². The number of nitrogens with zero attached hydrogens (tertiary/aromatic N) is 2. The molecule has 22 heavy (non-hydrogen) atoms. The molecule has 2 heterocycles. The van der Waals surface area contributed by atoms with E-state index in [1.807, 2.05) is 43.7 Å². The normalized spacial score (nSPS) is 11.0. The smallest absolute Gasteiger partial charge is 0.407 e. The molecule has 7 heteroatoms. The molecule has 6 nitrogen and oxygen atoms in total. The molecule has 0 saturated carbocycles. The molecular weight excluding hydrogens is 300 g/mol. The Morgan fingerprint density at radius 1 is 1.32 bits per heavy atom. The maximum atomic E-state index is 11.5. The number of alkyl carbamates (subject to hydrolysis) is 1. The van der Waals surface area contributed by atoms with E-state index in [2.05, 4.69) is 20.6 Å². The van der Waals surface area contributed by atoms with E-state index >= 15 is 0 Å². The van der Waals surface area contributed by atoms with Gasteiger partial charge in [0.05, 0.1) is 5.69 Å². The van der Waals surface area contributed by atoms with Crippen LogP contribution in [0.2, 0.25) is 0 Å². The molecule has 2 N–H and O–H groups in total. The van der Waals surface area contributed by atoms with Gasteiger partial charge in [0, 0.05) is 30.1 Å². The molecule has 2 rings (SSSR count). The van der Waals surface area contributed by atoms with Crippen molar-refractivity contribution >= 4 is 23.2 Å².